The Bertz CT molecular complexity index is 395. The molecular weight excluding hydrogens is 198 g/mol. The van der Waals surface area contributed by atoms with Gasteiger partial charge in [0.1, 0.15) is 5.76 Å². The summed E-state index contributed by atoms with van der Waals surface area (Å²) in [5.74, 6) is 5.29. The number of rotatable bonds is 3. The molecule has 2 nitrogen and oxygen atoms in total. The summed E-state index contributed by atoms with van der Waals surface area (Å²) in [5.41, 5.74) is 1.28. The highest BCUT2D eigenvalue weighted by atomic mass is 16.3. The molecule has 3 aliphatic carbocycles. The fraction of sp³-hybridized carbons (Fsp3) is 0.714. The molecule has 4 atom stereocenters. The van der Waals surface area contributed by atoms with Crippen LogP contribution in [0, 0.1) is 30.6 Å². The Balaban J connectivity index is 1.39. The minimum Gasteiger partial charge on any atom is -0.468 e. The Morgan fingerprint density at radius 1 is 1.31 bits per heavy atom. The number of hydrogen-bond acceptors (Lipinski definition) is 2. The quantitative estimate of drug-likeness (QED) is 0.842. The van der Waals surface area contributed by atoms with Gasteiger partial charge in [0, 0.05) is 6.04 Å². The summed E-state index contributed by atoms with van der Waals surface area (Å²) in [7, 11) is 0. The number of aryl methyl sites for hydroxylation is 1. The Hall–Kier alpha value is -0.760. The molecule has 1 aromatic rings. The Morgan fingerprint density at radius 3 is 2.69 bits per heavy atom. The summed E-state index contributed by atoms with van der Waals surface area (Å²) in [4.78, 5) is 0. The van der Waals surface area contributed by atoms with Crippen LogP contribution in [0.25, 0.3) is 0 Å². The molecule has 0 radical (unpaired) electrons. The van der Waals surface area contributed by atoms with E-state index in [4.69, 9.17) is 4.42 Å². The van der Waals surface area contributed by atoms with E-state index in [9.17, 15) is 0 Å². The average molecular weight is 217 g/mol. The lowest BCUT2D eigenvalue weighted by Crippen LogP contribution is -2.22. The predicted molar refractivity (Wildman–Crippen MR) is 61.9 cm³/mol. The third-order valence-corrected chi connectivity index (χ3v) is 5.20. The van der Waals surface area contributed by atoms with E-state index in [0.29, 0.717) is 0 Å². The smallest absolute Gasteiger partial charge is 0.120 e. The highest BCUT2D eigenvalue weighted by Gasteiger charge is 2.64. The summed E-state index contributed by atoms with van der Waals surface area (Å²) in [6.07, 6.45) is 6.34. The number of furan rings is 1. The van der Waals surface area contributed by atoms with E-state index < -0.39 is 0 Å². The molecule has 1 N–H and O–H groups in total. The fourth-order valence-electron chi connectivity index (χ4n) is 4.39. The van der Waals surface area contributed by atoms with Crippen LogP contribution in [0.1, 0.15) is 30.6 Å². The number of fused-ring (bicyclic) bond motifs is 5. The molecule has 4 rings (SSSR count). The highest BCUT2D eigenvalue weighted by molar-refractivity contribution is 5.19. The molecule has 0 saturated heterocycles. The summed E-state index contributed by atoms with van der Waals surface area (Å²) >= 11 is 0. The molecule has 1 aromatic heterocycles. The van der Waals surface area contributed by atoms with Crippen molar-refractivity contribution in [2.75, 3.05) is 0 Å². The second-order valence-corrected chi connectivity index (χ2v) is 5.92. The summed E-state index contributed by atoms with van der Waals surface area (Å²) in [5, 5.41) is 3.71. The molecule has 3 fully saturated rings. The molecule has 3 saturated carbocycles. The summed E-state index contributed by atoms with van der Waals surface area (Å²) < 4.78 is 5.47. The predicted octanol–water partition coefficient (Wildman–Crippen LogP) is 2.72. The van der Waals surface area contributed by atoms with Gasteiger partial charge in [0.2, 0.25) is 0 Å². The van der Waals surface area contributed by atoms with Crippen LogP contribution in [0.2, 0.25) is 0 Å². The van der Waals surface area contributed by atoms with Crippen LogP contribution in [0.15, 0.2) is 16.7 Å². The van der Waals surface area contributed by atoms with Crippen LogP contribution in [0.5, 0.6) is 0 Å². The summed E-state index contributed by atoms with van der Waals surface area (Å²) in [6.45, 7) is 3.05. The molecule has 86 valence electrons. The molecular formula is C14H19NO. The molecule has 0 spiro atoms. The normalized spacial score (nSPS) is 43.7. The number of nitrogens with one attached hydrogen (secondary N) is 1. The van der Waals surface area contributed by atoms with Gasteiger partial charge < -0.3 is 9.73 Å². The van der Waals surface area contributed by atoms with E-state index in [-0.39, 0.29) is 0 Å². The van der Waals surface area contributed by atoms with Gasteiger partial charge in [-0.2, -0.15) is 0 Å². The maximum absolute atomic E-state index is 5.47. The maximum Gasteiger partial charge on any atom is 0.120 e. The first-order valence-corrected chi connectivity index (χ1v) is 6.61. The lowest BCUT2D eigenvalue weighted by molar-refractivity contribution is 0.429. The molecule has 0 aliphatic heterocycles. The van der Waals surface area contributed by atoms with Crippen LogP contribution in [0.4, 0.5) is 0 Å². The zero-order valence-electron chi connectivity index (χ0n) is 9.78. The third-order valence-electron chi connectivity index (χ3n) is 5.20. The van der Waals surface area contributed by atoms with Crippen molar-refractivity contribution in [3.05, 3.63) is 23.7 Å². The Morgan fingerprint density at radius 2 is 2.06 bits per heavy atom. The first-order valence-electron chi connectivity index (χ1n) is 6.61. The van der Waals surface area contributed by atoms with E-state index in [1.54, 1.807) is 6.26 Å². The van der Waals surface area contributed by atoms with Crippen molar-refractivity contribution in [3.8, 4) is 0 Å². The van der Waals surface area contributed by atoms with Crippen molar-refractivity contribution in [1.82, 2.24) is 5.32 Å². The van der Waals surface area contributed by atoms with Gasteiger partial charge in [0.05, 0.1) is 12.8 Å². The van der Waals surface area contributed by atoms with E-state index in [0.717, 1.165) is 42.0 Å². The van der Waals surface area contributed by atoms with E-state index in [1.807, 2.05) is 0 Å². The lowest BCUT2D eigenvalue weighted by Gasteiger charge is -2.09. The van der Waals surface area contributed by atoms with E-state index >= 15 is 0 Å². The minimum absolute atomic E-state index is 0.816. The van der Waals surface area contributed by atoms with E-state index in [1.165, 1.54) is 24.8 Å². The second kappa shape index (κ2) is 3.13. The Kier molecular flexibility index (Phi) is 1.82. The van der Waals surface area contributed by atoms with Crippen molar-refractivity contribution >= 4 is 0 Å². The molecule has 1 heterocycles. The standard InChI is InChI=1S/C14H19NO/c1-8-4-5-16-11(8)7-15-14-12-9-2-3-10(6-9)13(12)14/h4-5,9-10,12-15H,2-3,6-7H2,1H3. The lowest BCUT2D eigenvalue weighted by atomic mass is 10.0. The molecule has 4 unspecified atom stereocenters. The van der Waals surface area contributed by atoms with Crippen molar-refractivity contribution < 1.29 is 4.42 Å². The van der Waals surface area contributed by atoms with Gasteiger partial charge in [-0.25, -0.2) is 0 Å². The van der Waals surface area contributed by atoms with Crippen LogP contribution in [0.3, 0.4) is 0 Å². The molecule has 16 heavy (non-hydrogen) atoms. The van der Waals surface area contributed by atoms with Gasteiger partial charge in [-0.15, -0.1) is 0 Å². The summed E-state index contributed by atoms with van der Waals surface area (Å²) in [6, 6.07) is 2.87. The number of hydrogen-bond donors (Lipinski definition) is 1. The molecule has 3 aliphatic rings. The van der Waals surface area contributed by atoms with Gasteiger partial charge in [-0.05, 0) is 61.5 Å². The van der Waals surface area contributed by atoms with E-state index in [2.05, 4.69) is 18.3 Å². The van der Waals surface area contributed by atoms with Crippen molar-refractivity contribution in [1.29, 1.82) is 0 Å². The van der Waals surface area contributed by atoms with Crippen molar-refractivity contribution in [2.45, 2.75) is 38.8 Å². The van der Waals surface area contributed by atoms with Gasteiger partial charge in [-0.3, -0.25) is 0 Å². The first-order chi connectivity index (χ1) is 7.84. The third kappa shape index (κ3) is 1.17. The molecule has 0 aromatic carbocycles. The molecule has 2 bridgehead atoms. The SMILES string of the molecule is Cc1ccoc1CNC1C2C3CCC(C3)C12. The topological polar surface area (TPSA) is 25.2 Å². The first kappa shape index (κ1) is 9.29. The fourth-order valence-corrected chi connectivity index (χ4v) is 4.39. The maximum atomic E-state index is 5.47. The zero-order chi connectivity index (χ0) is 10.7. The van der Waals surface area contributed by atoms with Crippen LogP contribution in [-0.4, -0.2) is 6.04 Å². The second-order valence-electron chi connectivity index (χ2n) is 5.92. The van der Waals surface area contributed by atoms with Crippen LogP contribution in [-0.2, 0) is 6.54 Å². The zero-order valence-corrected chi connectivity index (χ0v) is 9.78. The molecule has 2 heteroatoms. The van der Waals surface area contributed by atoms with Gasteiger partial charge in [0.25, 0.3) is 0 Å². The van der Waals surface area contributed by atoms with Crippen molar-refractivity contribution in [3.63, 3.8) is 0 Å². The Labute approximate surface area is 96.4 Å². The minimum atomic E-state index is 0.816. The largest absolute Gasteiger partial charge is 0.468 e. The van der Waals surface area contributed by atoms with Crippen LogP contribution >= 0.6 is 0 Å². The van der Waals surface area contributed by atoms with Gasteiger partial charge >= 0.3 is 0 Å². The van der Waals surface area contributed by atoms with Gasteiger partial charge in [-0.1, -0.05) is 0 Å². The highest BCUT2D eigenvalue weighted by Crippen LogP contribution is 2.65. The average Bonchev–Trinajstić information content (AvgIpc) is 2.70. The van der Waals surface area contributed by atoms with Crippen molar-refractivity contribution in [2.24, 2.45) is 23.7 Å². The molecule has 0 amide bonds. The van der Waals surface area contributed by atoms with Crippen LogP contribution < -0.4 is 5.32 Å². The monoisotopic (exact) mass is 217 g/mol. The van der Waals surface area contributed by atoms with Gasteiger partial charge in [0.15, 0.2) is 0 Å².